The highest BCUT2D eigenvalue weighted by molar-refractivity contribution is 7.92. The maximum absolute atomic E-state index is 11.0. The average Bonchev–Trinajstić information content (AvgIpc) is 2.27. The second kappa shape index (κ2) is 5.10. The Labute approximate surface area is 107 Å². The molecule has 0 saturated carbocycles. The summed E-state index contributed by atoms with van der Waals surface area (Å²) in [6, 6.07) is 7.48. The van der Waals surface area contributed by atoms with Crippen LogP contribution in [0.4, 0.5) is 0 Å². The summed E-state index contributed by atoms with van der Waals surface area (Å²) >= 11 is 0. The zero-order valence-corrected chi connectivity index (χ0v) is 11.0. The van der Waals surface area contributed by atoms with Gasteiger partial charge in [0.25, 0.3) is 0 Å². The summed E-state index contributed by atoms with van der Waals surface area (Å²) in [5.74, 6) is 1.02. The highest BCUT2D eigenvalue weighted by Gasteiger charge is 2.35. The number of carbonyl (C=O) groups is 1. The van der Waals surface area contributed by atoms with Crippen LogP contribution in [-0.4, -0.2) is 32.3 Å². The fraction of sp³-hybridized carbons (Fsp3) is 0.462. The molecule has 0 amide bonds. The minimum Gasteiger partial charge on any atom is -0.488 e. The number of aldehydes is 1. The highest BCUT2D eigenvalue weighted by Crippen LogP contribution is 2.25. The Morgan fingerprint density at radius 1 is 1.44 bits per heavy atom. The van der Waals surface area contributed by atoms with Gasteiger partial charge in [0.15, 0.2) is 9.84 Å². The van der Waals surface area contributed by atoms with Crippen molar-refractivity contribution >= 4 is 16.1 Å². The van der Waals surface area contributed by atoms with Crippen molar-refractivity contribution in [1.29, 1.82) is 0 Å². The Kier molecular flexibility index (Phi) is 3.71. The van der Waals surface area contributed by atoms with E-state index >= 15 is 0 Å². The van der Waals surface area contributed by atoms with Gasteiger partial charge in [0, 0.05) is 6.42 Å². The number of ether oxygens (including phenoxy) is 1. The SMILES string of the molecule is CC(CC=O)c1cccc(OC2CS(=O)(=O)C2)c1. The third-order valence-corrected chi connectivity index (χ3v) is 4.82. The molecule has 4 nitrogen and oxygen atoms in total. The monoisotopic (exact) mass is 268 g/mol. The first-order valence-corrected chi connectivity index (χ1v) is 7.73. The van der Waals surface area contributed by atoms with Crippen molar-refractivity contribution in [3.8, 4) is 5.75 Å². The molecule has 1 atom stereocenters. The predicted octanol–water partition coefficient (Wildman–Crippen LogP) is 1.55. The van der Waals surface area contributed by atoms with Crippen LogP contribution >= 0.6 is 0 Å². The maximum Gasteiger partial charge on any atom is 0.157 e. The lowest BCUT2D eigenvalue weighted by molar-refractivity contribution is -0.108. The van der Waals surface area contributed by atoms with Gasteiger partial charge in [0.2, 0.25) is 0 Å². The number of hydrogen-bond donors (Lipinski definition) is 0. The molecular formula is C13H16O4S. The van der Waals surface area contributed by atoms with Gasteiger partial charge in [-0.05, 0) is 23.6 Å². The lowest BCUT2D eigenvalue weighted by Gasteiger charge is -2.26. The molecular weight excluding hydrogens is 252 g/mol. The van der Waals surface area contributed by atoms with Crippen LogP contribution in [-0.2, 0) is 14.6 Å². The summed E-state index contributed by atoms with van der Waals surface area (Å²) in [7, 11) is -2.86. The molecule has 1 aromatic carbocycles. The lowest BCUT2D eigenvalue weighted by atomic mass is 9.98. The third kappa shape index (κ3) is 3.10. The van der Waals surface area contributed by atoms with Gasteiger partial charge in [-0.15, -0.1) is 0 Å². The minimum absolute atomic E-state index is 0.0983. The van der Waals surface area contributed by atoms with Crippen LogP contribution in [0, 0.1) is 0 Å². The molecule has 0 aromatic heterocycles. The smallest absolute Gasteiger partial charge is 0.157 e. The molecule has 1 saturated heterocycles. The van der Waals surface area contributed by atoms with E-state index in [0.29, 0.717) is 12.2 Å². The van der Waals surface area contributed by atoms with Crippen molar-refractivity contribution in [2.24, 2.45) is 0 Å². The first-order valence-electron chi connectivity index (χ1n) is 5.91. The standard InChI is InChI=1S/C13H16O4S/c1-10(5-6-14)11-3-2-4-12(7-11)17-13-8-18(15,16)9-13/h2-4,6-7,10,13H,5,8-9H2,1H3. The molecule has 5 heteroatoms. The van der Waals surface area contributed by atoms with Crippen molar-refractivity contribution in [2.75, 3.05) is 11.5 Å². The van der Waals surface area contributed by atoms with Crippen LogP contribution in [0.25, 0.3) is 0 Å². The van der Waals surface area contributed by atoms with Gasteiger partial charge in [-0.1, -0.05) is 19.1 Å². The molecule has 0 radical (unpaired) electrons. The van der Waals surface area contributed by atoms with Crippen LogP contribution in [0.3, 0.4) is 0 Å². The summed E-state index contributed by atoms with van der Waals surface area (Å²) in [4.78, 5) is 10.5. The van der Waals surface area contributed by atoms with E-state index in [1.54, 1.807) is 0 Å². The molecule has 0 bridgehead atoms. The van der Waals surface area contributed by atoms with Gasteiger partial charge in [0.05, 0.1) is 11.5 Å². The second-order valence-electron chi connectivity index (χ2n) is 4.69. The van der Waals surface area contributed by atoms with Crippen LogP contribution in [0.15, 0.2) is 24.3 Å². The number of carbonyl (C=O) groups excluding carboxylic acids is 1. The Bertz CT molecular complexity index is 524. The summed E-state index contributed by atoms with van der Waals surface area (Å²) in [5.41, 5.74) is 1.03. The van der Waals surface area contributed by atoms with Gasteiger partial charge >= 0.3 is 0 Å². The van der Waals surface area contributed by atoms with Gasteiger partial charge in [-0.2, -0.15) is 0 Å². The van der Waals surface area contributed by atoms with E-state index in [1.807, 2.05) is 31.2 Å². The molecule has 1 aliphatic heterocycles. The Morgan fingerprint density at radius 3 is 2.78 bits per heavy atom. The molecule has 1 aromatic rings. The lowest BCUT2D eigenvalue weighted by Crippen LogP contribution is -2.45. The molecule has 1 unspecified atom stereocenters. The summed E-state index contributed by atoms with van der Waals surface area (Å²) in [5, 5.41) is 0. The van der Waals surface area contributed by atoms with Gasteiger partial charge in [-0.3, -0.25) is 0 Å². The molecule has 2 rings (SSSR count). The number of hydrogen-bond acceptors (Lipinski definition) is 4. The third-order valence-electron chi connectivity index (χ3n) is 3.06. The molecule has 0 N–H and O–H groups in total. The van der Waals surface area contributed by atoms with E-state index in [-0.39, 0.29) is 23.5 Å². The zero-order chi connectivity index (χ0) is 13.2. The fourth-order valence-electron chi connectivity index (χ4n) is 1.95. The Balaban J connectivity index is 2.01. The predicted molar refractivity (Wildman–Crippen MR) is 68.6 cm³/mol. The van der Waals surface area contributed by atoms with Crippen molar-refractivity contribution in [3.05, 3.63) is 29.8 Å². The number of sulfone groups is 1. The van der Waals surface area contributed by atoms with Crippen molar-refractivity contribution < 1.29 is 17.9 Å². The first-order chi connectivity index (χ1) is 8.50. The highest BCUT2D eigenvalue weighted by atomic mass is 32.2. The van der Waals surface area contributed by atoms with Gasteiger partial charge in [-0.25, -0.2) is 8.42 Å². The van der Waals surface area contributed by atoms with Gasteiger partial charge in [0.1, 0.15) is 18.1 Å². The van der Waals surface area contributed by atoms with Crippen LogP contribution < -0.4 is 4.74 Å². The molecule has 1 fully saturated rings. The maximum atomic E-state index is 11.0. The average molecular weight is 268 g/mol. The van der Waals surface area contributed by atoms with Crippen molar-refractivity contribution in [3.63, 3.8) is 0 Å². The Hall–Kier alpha value is -1.36. The summed E-state index contributed by atoms with van der Waals surface area (Å²) < 4.78 is 27.6. The second-order valence-corrected chi connectivity index (χ2v) is 6.85. The van der Waals surface area contributed by atoms with E-state index < -0.39 is 9.84 Å². The van der Waals surface area contributed by atoms with Gasteiger partial charge < -0.3 is 9.53 Å². The quantitative estimate of drug-likeness (QED) is 0.760. The van der Waals surface area contributed by atoms with Crippen LogP contribution in [0.1, 0.15) is 24.8 Å². The van der Waals surface area contributed by atoms with Crippen molar-refractivity contribution in [1.82, 2.24) is 0 Å². The summed E-state index contributed by atoms with van der Waals surface area (Å²) in [6.45, 7) is 1.97. The van der Waals surface area contributed by atoms with E-state index in [4.69, 9.17) is 4.74 Å². The fourth-order valence-corrected chi connectivity index (χ4v) is 3.12. The van der Waals surface area contributed by atoms with E-state index in [0.717, 1.165) is 11.8 Å². The topological polar surface area (TPSA) is 60.4 Å². The first kappa shape index (κ1) is 13.1. The number of rotatable bonds is 5. The molecule has 0 spiro atoms. The Morgan fingerprint density at radius 2 is 2.17 bits per heavy atom. The molecule has 98 valence electrons. The molecule has 1 aliphatic rings. The number of benzene rings is 1. The largest absolute Gasteiger partial charge is 0.488 e. The van der Waals surface area contributed by atoms with Crippen LogP contribution in [0.5, 0.6) is 5.75 Å². The van der Waals surface area contributed by atoms with E-state index in [1.165, 1.54) is 0 Å². The van der Waals surface area contributed by atoms with E-state index in [2.05, 4.69) is 0 Å². The summed E-state index contributed by atoms with van der Waals surface area (Å²) in [6.07, 6.45) is 1.14. The molecule has 18 heavy (non-hydrogen) atoms. The molecule has 1 heterocycles. The zero-order valence-electron chi connectivity index (χ0n) is 10.2. The minimum atomic E-state index is -2.86. The van der Waals surface area contributed by atoms with Crippen molar-refractivity contribution in [2.45, 2.75) is 25.4 Å². The van der Waals surface area contributed by atoms with E-state index in [9.17, 15) is 13.2 Å². The normalized spacial score (nSPS) is 19.8. The van der Waals surface area contributed by atoms with Crippen LogP contribution in [0.2, 0.25) is 0 Å². The molecule has 0 aliphatic carbocycles.